The number of esters is 1. The number of ether oxygens (including phenoxy) is 1. The summed E-state index contributed by atoms with van der Waals surface area (Å²) < 4.78 is 5.40. The van der Waals surface area contributed by atoms with Crippen molar-refractivity contribution in [3.8, 4) is 0 Å². The zero-order chi connectivity index (χ0) is 30.8. The summed E-state index contributed by atoms with van der Waals surface area (Å²) in [4.78, 5) is 20.8. The molecule has 234 valence electrons. The van der Waals surface area contributed by atoms with Gasteiger partial charge in [0.2, 0.25) is 0 Å². The summed E-state index contributed by atoms with van der Waals surface area (Å²) in [6.45, 7) is 15.3. The van der Waals surface area contributed by atoms with Crippen molar-refractivity contribution < 1.29 is 14.3 Å². The Morgan fingerprint density at radius 1 is 0.854 bits per heavy atom. The molecular weight excluding hydrogens is 504 g/mol. The molecule has 41 heavy (non-hydrogen) atoms. The van der Waals surface area contributed by atoms with Crippen LogP contribution in [-0.2, 0) is 14.3 Å². The molecule has 0 fully saturated rings. The molecule has 0 amide bonds. The van der Waals surface area contributed by atoms with Crippen molar-refractivity contribution in [3.63, 3.8) is 0 Å². The minimum Gasteiger partial charge on any atom is -0.461 e. The zero-order valence-electron chi connectivity index (χ0n) is 28.0. The Bertz CT molecular complexity index is 851. The second-order valence-electron chi connectivity index (χ2n) is 12.4. The number of carbonyl (C=O) groups excluding carboxylic acids is 2. The normalized spacial score (nSPS) is 15.8. The van der Waals surface area contributed by atoms with Crippen LogP contribution in [0.5, 0.6) is 0 Å². The highest BCUT2D eigenvalue weighted by Crippen LogP contribution is 2.40. The highest BCUT2D eigenvalue weighted by molar-refractivity contribution is 5.69. The molecule has 0 saturated heterocycles. The summed E-state index contributed by atoms with van der Waals surface area (Å²) in [6.07, 6.45) is 35.0. The molecule has 0 bridgehead atoms. The summed E-state index contributed by atoms with van der Waals surface area (Å²) in [7, 11) is 0. The van der Waals surface area contributed by atoms with Gasteiger partial charge in [-0.2, -0.15) is 0 Å². The van der Waals surface area contributed by atoms with E-state index in [1.165, 1.54) is 114 Å². The van der Waals surface area contributed by atoms with E-state index in [0.717, 1.165) is 24.7 Å². The first-order chi connectivity index (χ1) is 19.7. The Morgan fingerprint density at radius 2 is 1.39 bits per heavy atom. The van der Waals surface area contributed by atoms with Gasteiger partial charge in [0.05, 0.1) is 0 Å². The summed E-state index contributed by atoms with van der Waals surface area (Å²) in [5.74, 6) is -0.0720. The van der Waals surface area contributed by atoms with Gasteiger partial charge in [-0.05, 0) is 70.4 Å². The number of hydrogen-bond donors (Lipinski definition) is 0. The summed E-state index contributed by atoms with van der Waals surface area (Å²) in [5.41, 5.74) is 5.65. The van der Waals surface area contributed by atoms with E-state index < -0.39 is 0 Å². The smallest absolute Gasteiger partial charge is 0.306 e. The summed E-state index contributed by atoms with van der Waals surface area (Å²) in [6, 6.07) is 0. The van der Waals surface area contributed by atoms with E-state index in [4.69, 9.17) is 9.53 Å². The summed E-state index contributed by atoms with van der Waals surface area (Å²) >= 11 is 0. The van der Waals surface area contributed by atoms with Gasteiger partial charge in [-0.1, -0.05) is 145 Å². The van der Waals surface area contributed by atoms with Crippen molar-refractivity contribution >= 4 is 12.3 Å². The lowest BCUT2D eigenvalue weighted by atomic mass is 9.72. The van der Waals surface area contributed by atoms with Crippen LogP contribution in [0.1, 0.15) is 158 Å². The predicted octanol–water partition coefficient (Wildman–Crippen LogP) is 11.7. The fraction of sp³-hybridized carbons (Fsp3) is 0.684. The maximum atomic E-state index is 12.0. The number of aldehydes is 1. The molecule has 0 aromatic rings. The van der Waals surface area contributed by atoms with Crippen LogP contribution in [0, 0.1) is 5.41 Å². The quantitative estimate of drug-likeness (QED) is 0.0635. The van der Waals surface area contributed by atoms with E-state index in [-0.39, 0.29) is 11.4 Å². The molecule has 0 saturated carbocycles. The number of hydrogen-bond acceptors (Lipinski definition) is 3. The molecule has 1 aliphatic carbocycles. The Kier molecular flexibility index (Phi) is 24.2. The minimum atomic E-state index is -0.0720. The van der Waals surface area contributed by atoms with Crippen molar-refractivity contribution in [2.24, 2.45) is 5.41 Å². The van der Waals surface area contributed by atoms with Gasteiger partial charge >= 0.3 is 5.97 Å². The molecule has 0 unspecified atom stereocenters. The van der Waals surface area contributed by atoms with Gasteiger partial charge in [-0.25, -0.2) is 0 Å². The SMILES string of the molecule is CC=O.CCCCCCCCCCCCCCCC(=O)OC/C=C(C)/C=C/C=C(C)/C=C/C1=C(C)CCCC1(C)C. The fourth-order valence-corrected chi connectivity index (χ4v) is 5.33. The molecule has 1 aliphatic rings. The lowest BCUT2D eigenvalue weighted by Gasteiger charge is -2.32. The molecule has 3 nitrogen and oxygen atoms in total. The second kappa shape index (κ2) is 25.5. The van der Waals surface area contributed by atoms with Crippen LogP contribution in [0.4, 0.5) is 0 Å². The first-order valence-electron chi connectivity index (χ1n) is 16.6. The van der Waals surface area contributed by atoms with E-state index in [1.807, 2.05) is 6.08 Å². The van der Waals surface area contributed by atoms with Crippen LogP contribution in [-0.4, -0.2) is 18.9 Å². The van der Waals surface area contributed by atoms with E-state index in [2.05, 4.69) is 71.9 Å². The van der Waals surface area contributed by atoms with Crippen LogP contribution < -0.4 is 0 Å². The molecule has 1 rings (SSSR count). The van der Waals surface area contributed by atoms with Crippen molar-refractivity contribution in [1.82, 2.24) is 0 Å². The van der Waals surface area contributed by atoms with Crippen molar-refractivity contribution in [2.75, 3.05) is 6.61 Å². The standard InChI is InChI=1S/C36H60O2.C2H4O/c1-7-8-9-10-11-12-13-14-15-16-17-18-19-25-35(37)38-30-28-32(3)23-20-22-31(2)26-27-34-33(4)24-21-29-36(34,5)6;1-2-3/h20,22-23,26-28H,7-19,21,24-25,29-30H2,1-6H3;2H,1H3/b23-20+,27-26+,31-22+,32-28+;. The molecule has 0 heterocycles. The molecule has 0 aliphatic heterocycles. The summed E-state index contributed by atoms with van der Waals surface area (Å²) in [5, 5.41) is 0. The highest BCUT2D eigenvalue weighted by Gasteiger charge is 2.26. The lowest BCUT2D eigenvalue weighted by molar-refractivity contribution is -0.142. The average Bonchev–Trinajstić information content (AvgIpc) is 2.91. The van der Waals surface area contributed by atoms with Gasteiger partial charge in [-0.15, -0.1) is 0 Å². The Labute approximate surface area is 254 Å². The van der Waals surface area contributed by atoms with Gasteiger partial charge in [0.1, 0.15) is 12.9 Å². The Morgan fingerprint density at radius 3 is 1.93 bits per heavy atom. The molecular formula is C38H64O3. The second-order valence-corrected chi connectivity index (χ2v) is 12.4. The fourth-order valence-electron chi connectivity index (χ4n) is 5.33. The van der Waals surface area contributed by atoms with Gasteiger partial charge in [0.25, 0.3) is 0 Å². The maximum absolute atomic E-state index is 12.0. The monoisotopic (exact) mass is 568 g/mol. The third-order valence-corrected chi connectivity index (χ3v) is 7.91. The van der Waals surface area contributed by atoms with E-state index >= 15 is 0 Å². The maximum Gasteiger partial charge on any atom is 0.306 e. The van der Waals surface area contributed by atoms with E-state index in [1.54, 1.807) is 0 Å². The third-order valence-electron chi connectivity index (χ3n) is 7.91. The topological polar surface area (TPSA) is 43.4 Å². The Balaban J connectivity index is 0.00000509. The van der Waals surface area contributed by atoms with Gasteiger partial charge in [0, 0.05) is 6.42 Å². The predicted molar refractivity (Wildman–Crippen MR) is 179 cm³/mol. The van der Waals surface area contributed by atoms with E-state index in [9.17, 15) is 4.79 Å². The van der Waals surface area contributed by atoms with Crippen molar-refractivity contribution in [2.45, 2.75) is 158 Å². The molecule has 0 aromatic heterocycles. The van der Waals surface area contributed by atoms with Crippen LogP contribution in [0.25, 0.3) is 0 Å². The van der Waals surface area contributed by atoms with Crippen molar-refractivity contribution in [1.29, 1.82) is 0 Å². The third kappa shape index (κ3) is 22.2. The van der Waals surface area contributed by atoms with Crippen LogP contribution in [0.15, 0.2) is 58.7 Å². The van der Waals surface area contributed by atoms with Gasteiger partial charge in [0.15, 0.2) is 0 Å². The first kappa shape index (κ1) is 38.8. The highest BCUT2D eigenvalue weighted by atomic mass is 16.5. The zero-order valence-corrected chi connectivity index (χ0v) is 28.0. The van der Waals surface area contributed by atoms with Gasteiger partial charge in [-0.3, -0.25) is 4.79 Å². The van der Waals surface area contributed by atoms with Crippen LogP contribution in [0.3, 0.4) is 0 Å². The molecule has 0 aromatic carbocycles. The molecule has 0 spiro atoms. The van der Waals surface area contributed by atoms with Crippen LogP contribution >= 0.6 is 0 Å². The number of unbranched alkanes of at least 4 members (excludes halogenated alkanes) is 12. The first-order valence-corrected chi connectivity index (χ1v) is 16.6. The Hall–Kier alpha value is -2.16. The average molecular weight is 569 g/mol. The largest absolute Gasteiger partial charge is 0.461 e. The van der Waals surface area contributed by atoms with Crippen molar-refractivity contribution in [3.05, 3.63) is 58.7 Å². The number of allylic oxidation sites excluding steroid dienone is 9. The van der Waals surface area contributed by atoms with E-state index in [0.29, 0.717) is 13.0 Å². The molecule has 0 atom stereocenters. The molecule has 3 heteroatoms. The van der Waals surface area contributed by atoms with Gasteiger partial charge < -0.3 is 9.53 Å². The number of rotatable bonds is 20. The molecule has 0 radical (unpaired) electrons. The molecule has 0 N–H and O–H groups in total. The minimum absolute atomic E-state index is 0.0720. The van der Waals surface area contributed by atoms with Crippen LogP contribution in [0.2, 0.25) is 0 Å². The lowest BCUT2D eigenvalue weighted by Crippen LogP contribution is -2.19. The number of carbonyl (C=O) groups is 2.